The Bertz CT molecular complexity index is 310. The van der Waals surface area contributed by atoms with E-state index in [2.05, 4.69) is 17.6 Å². The van der Waals surface area contributed by atoms with Gasteiger partial charge in [0.05, 0.1) is 0 Å². The van der Waals surface area contributed by atoms with Gasteiger partial charge in [-0.05, 0) is 45.1 Å². The summed E-state index contributed by atoms with van der Waals surface area (Å²) in [6.45, 7) is 2.34. The van der Waals surface area contributed by atoms with Gasteiger partial charge in [-0.3, -0.25) is 4.79 Å². The van der Waals surface area contributed by atoms with Gasteiger partial charge in [-0.1, -0.05) is 39.0 Å². The second kappa shape index (κ2) is 7.44. The summed E-state index contributed by atoms with van der Waals surface area (Å²) in [5, 5.41) is 6.75. The standard InChI is InChI=1S/C17H32N2O/c1-14-7-6-8-15(10-9-14)19-16(20)13-17(18-2)11-4-3-5-12-17/h14-15,18H,3-13H2,1-2H3,(H,19,20). The van der Waals surface area contributed by atoms with Crippen LogP contribution in [0.25, 0.3) is 0 Å². The fourth-order valence-corrected chi connectivity index (χ4v) is 3.96. The first kappa shape index (κ1) is 15.8. The van der Waals surface area contributed by atoms with Gasteiger partial charge in [-0.15, -0.1) is 0 Å². The van der Waals surface area contributed by atoms with Crippen molar-refractivity contribution in [1.82, 2.24) is 10.6 Å². The minimum absolute atomic E-state index is 0.0698. The molecule has 2 N–H and O–H groups in total. The summed E-state index contributed by atoms with van der Waals surface area (Å²) >= 11 is 0. The molecule has 1 amide bonds. The molecule has 0 radical (unpaired) electrons. The summed E-state index contributed by atoms with van der Waals surface area (Å²) in [6, 6.07) is 0.421. The predicted octanol–water partition coefficient (Wildman–Crippen LogP) is 3.38. The maximum Gasteiger partial charge on any atom is 0.222 e. The summed E-state index contributed by atoms with van der Waals surface area (Å²) in [4.78, 5) is 12.4. The first-order valence-electron chi connectivity index (χ1n) is 8.62. The molecule has 0 aliphatic heterocycles. The highest BCUT2D eigenvalue weighted by atomic mass is 16.1. The van der Waals surface area contributed by atoms with E-state index in [1.807, 2.05) is 7.05 Å². The van der Waals surface area contributed by atoms with Gasteiger partial charge in [0.25, 0.3) is 0 Å². The first-order valence-corrected chi connectivity index (χ1v) is 8.62. The lowest BCUT2D eigenvalue weighted by molar-refractivity contribution is -0.123. The van der Waals surface area contributed by atoms with Gasteiger partial charge < -0.3 is 10.6 Å². The van der Waals surface area contributed by atoms with Crippen LogP contribution in [0.5, 0.6) is 0 Å². The molecular formula is C17H32N2O. The molecule has 0 spiro atoms. The van der Waals surface area contributed by atoms with Crippen LogP contribution < -0.4 is 10.6 Å². The Morgan fingerprint density at radius 3 is 2.50 bits per heavy atom. The van der Waals surface area contributed by atoms with E-state index in [0.29, 0.717) is 12.5 Å². The maximum absolute atomic E-state index is 12.4. The largest absolute Gasteiger partial charge is 0.353 e. The van der Waals surface area contributed by atoms with Crippen LogP contribution in [0.2, 0.25) is 0 Å². The molecule has 0 saturated heterocycles. The Morgan fingerprint density at radius 2 is 1.80 bits per heavy atom. The summed E-state index contributed by atoms with van der Waals surface area (Å²) < 4.78 is 0. The number of hydrogen-bond donors (Lipinski definition) is 2. The molecule has 116 valence electrons. The molecule has 2 rings (SSSR count). The van der Waals surface area contributed by atoms with Gasteiger partial charge in [0.15, 0.2) is 0 Å². The van der Waals surface area contributed by atoms with E-state index in [9.17, 15) is 4.79 Å². The molecule has 2 fully saturated rings. The normalized spacial score (nSPS) is 30.5. The van der Waals surface area contributed by atoms with Gasteiger partial charge in [0.1, 0.15) is 0 Å². The lowest BCUT2D eigenvalue weighted by atomic mass is 9.79. The second-order valence-electron chi connectivity index (χ2n) is 7.15. The molecule has 20 heavy (non-hydrogen) atoms. The van der Waals surface area contributed by atoms with Crippen molar-refractivity contribution in [2.24, 2.45) is 5.92 Å². The van der Waals surface area contributed by atoms with E-state index in [4.69, 9.17) is 0 Å². The van der Waals surface area contributed by atoms with E-state index in [-0.39, 0.29) is 11.4 Å². The fourth-order valence-electron chi connectivity index (χ4n) is 3.96. The summed E-state index contributed by atoms with van der Waals surface area (Å²) in [6.07, 6.45) is 13.0. The zero-order valence-corrected chi connectivity index (χ0v) is 13.3. The van der Waals surface area contributed by atoms with E-state index in [1.165, 1.54) is 51.4 Å². The fraction of sp³-hybridized carbons (Fsp3) is 0.941. The predicted molar refractivity (Wildman–Crippen MR) is 83.7 cm³/mol. The van der Waals surface area contributed by atoms with E-state index in [1.54, 1.807) is 0 Å². The number of nitrogens with one attached hydrogen (secondary N) is 2. The zero-order valence-electron chi connectivity index (χ0n) is 13.3. The van der Waals surface area contributed by atoms with Crippen molar-refractivity contribution < 1.29 is 4.79 Å². The van der Waals surface area contributed by atoms with Crippen LogP contribution in [-0.2, 0) is 4.79 Å². The average molecular weight is 280 g/mol. The third-order valence-electron chi connectivity index (χ3n) is 5.46. The van der Waals surface area contributed by atoms with Crippen molar-refractivity contribution in [2.45, 2.75) is 89.1 Å². The molecule has 3 nitrogen and oxygen atoms in total. The highest BCUT2D eigenvalue weighted by Crippen LogP contribution is 2.31. The van der Waals surface area contributed by atoms with Crippen LogP contribution in [-0.4, -0.2) is 24.5 Å². The van der Waals surface area contributed by atoms with Crippen molar-refractivity contribution in [2.75, 3.05) is 7.05 Å². The van der Waals surface area contributed by atoms with E-state index >= 15 is 0 Å². The number of rotatable bonds is 4. The zero-order chi connectivity index (χ0) is 14.4. The quantitative estimate of drug-likeness (QED) is 0.775. The highest BCUT2D eigenvalue weighted by Gasteiger charge is 2.33. The minimum Gasteiger partial charge on any atom is -0.353 e. The van der Waals surface area contributed by atoms with Gasteiger partial charge in [-0.2, -0.15) is 0 Å². The number of amides is 1. The highest BCUT2D eigenvalue weighted by molar-refractivity contribution is 5.77. The van der Waals surface area contributed by atoms with Crippen molar-refractivity contribution in [3.63, 3.8) is 0 Å². The van der Waals surface area contributed by atoms with Crippen LogP contribution in [0, 0.1) is 5.92 Å². The smallest absolute Gasteiger partial charge is 0.222 e. The first-order chi connectivity index (χ1) is 9.63. The molecule has 2 saturated carbocycles. The lowest BCUT2D eigenvalue weighted by Gasteiger charge is -2.37. The van der Waals surface area contributed by atoms with Crippen molar-refractivity contribution in [1.29, 1.82) is 0 Å². The van der Waals surface area contributed by atoms with Gasteiger partial charge >= 0.3 is 0 Å². The molecular weight excluding hydrogens is 248 g/mol. The van der Waals surface area contributed by atoms with Crippen molar-refractivity contribution in [3.05, 3.63) is 0 Å². The monoisotopic (exact) mass is 280 g/mol. The summed E-state index contributed by atoms with van der Waals surface area (Å²) in [5.41, 5.74) is 0.0698. The van der Waals surface area contributed by atoms with Gasteiger partial charge in [0.2, 0.25) is 5.91 Å². The molecule has 2 atom stereocenters. The van der Waals surface area contributed by atoms with Crippen LogP contribution in [0.3, 0.4) is 0 Å². The van der Waals surface area contributed by atoms with Crippen LogP contribution >= 0.6 is 0 Å². The van der Waals surface area contributed by atoms with Crippen LogP contribution in [0.4, 0.5) is 0 Å². The van der Waals surface area contributed by atoms with Gasteiger partial charge in [0, 0.05) is 18.0 Å². The van der Waals surface area contributed by atoms with Crippen LogP contribution in [0.1, 0.15) is 77.6 Å². The molecule has 0 aromatic carbocycles. The molecule has 2 unspecified atom stereocenters. The van der Waals surface area contributed by atoms with E-state index < -0.39 is 0 Å². The molecule has 3 heteroatoms. The molecule has 0 bridgehead atoms. The maximum atomic E-state index is 12.4. The third-order valence-corrected chi connectivity index (χ3v) is 5.46. The Morgan fingerprint density at radius 1 is 1.05 bits per heavy atom. The van der Waals surface area contributed by atoms with Crippen molar-refractivity contribution >= 4 is 5.91 Å². The molecule has 2 aliphatic rings. The number of carbonyl (C=O) groups is 1. The van der Waals surface area contributed by atoms with Crippen molar-refractivity contribution in [3.8, 4) is 0 Å². The molecule has 0 heterocycles. The number of carbonyl (C=O) groups excluding carboxylic acids is 1. The third kappa shape index (κ3) is 4.47. The van der Waals surface area contributed by atoms with Crippen LogP contribution in [0.15, 0.2) is 0 Å². The Labute approximate surface area is 124 Å². The molecule has 0 aromatic rings. The van der Waals surface area contributed by atoms with Gasteiger partial charge in [-0.25, -0.2) is 0 Å². The van der Waals surface area contributed by atoms with E-state index in [0.717, 1.165) is 18.8 Å². The Hall–Kier alpha value is -0.570. The number of hydrogen-bond acceptors (Lipinski definition) is 2. The second-order valence-corrected chi connectivity index (χ2v) is 7.15. The lowest BCUT2D eigenvalue weighted by Crippen LogP contribution is -2.49. The SMILES string of the molecule is CNC1(CC(=O)NC2CCCC(C)CC2)CCCCC1. The topological polar surface area (TPSA) is 41.1 Å². The average Bonchev–Trinajstić information content (AvgIpc) is 2.64. The molecule has 0 aromatic heterocycles. The molecule has 2 aliphatic carbocycles. The minimum atomic E-state index is 0.0698. The Balaban J connectivity index is 1.81. The Kier molecular flexibility index (Phi) is 5.88. The summed E-state index contributed by atoms with van der Waals surface area (Å²) in [5.74, 6) is 1.10. The summed E-state index contributed by atoms with van der Waals surface area (Å²) in [7, 11) is 2.02.